The van der Waals surface area contributed by atoms with Gasteiger partial charge >= 0.3 is 0 Å². The van der Waals surface area contributed by atoms with E-state index in [1.807, 2.05) is 0 Å². The van der Waals surface area contributed by atoms with E-state index in [1.54, 1.807) is 0 Å². The number of hydrogen-bond acceptors (Lipinski definition) is 2. The summed E-state index contributed by atoms with van der Waals surface area (Å²) in [4.78, 5) is 2.73. The van der Waals surface area contributed by atoms with Crippen molar-refractivity contribution in [2.75, 3.05) is 32.7 Å². The maximum atomic E-state index is 3.49. The van der Waals surface area contributed by atoms with Gasteiger partial charge in [0.25, 0.3) is 0 Å². The topological polar surface area (TPSA) is 15.3 Å². The van der Waals surface area contributed by atoms with Crippen LogP contribution in [0, 0.1) is 5.41 Å². The molecule has 2 nitrogen and oxygen atoms in total. The van der Waals surface area contributed by atoms with Gasteiger partial charge in [-0.25, -0.2) is 0 Å². The Bertz CT molecular complexity index is 223. The molecule has 1 N–H and O–H groups in total. The van der Waals surface area contributed by atoms with Crippen molar-refractivity contribution in [2.45, 2.75) is 71.1 Å². The quantitative estimate of drug-likeness (QED) is 0.672. The zero-order valence-corrected chi connectivity index (χ0v) is 13.1. The van der Waals surface area contributed by atoms with Gasteiger partial charge < -0.3 is 10.2 Å². The van der Waals surface area contributed by atoms with E-state index in [2.05, 4.69) is 17.1 Å². The van der Waals surface area contributed by atoms with Crippen LogP contribution >= 0.6 is 0 Å². The molecular weight excluding hydrogens is 232 g/mol. The highest BCUT2D eigenvalue weighted by atomic mass is 15.1. The normalized spacial score (nSPS) is 23.2. The summed E-state index contributed by atoms with van der Waals surface area (Å²) in [6, 6.07) is 0. The fourth-order valence-electron chi connectivity index (χ4n) is 3.94. The zero-order chi connectivity index (χ0) is 13.4. The molecule has 1 aliphatic heterocycles. The summed E-state index contributed by atoms with van der Waals surface area (Å²) >= 11 is 0. The fraction of sp³-hybridized carbons (Fsp3) is 1.00. The minimum Gasteiger partial charge on any atom is -0.317 e. The third-order valence-corrected chi connectivity index (χ3v) is 5.34. The van der Waals surface area contributed by atoms with Gasteiger partial charge in [-0.05, 0) is 83.1 Å². The number of nitrogens with one attached hydrogen (secondary N) is 1. The lowest BCUT2D eigenvalue weighted by Gasteiger charge is -2.39. The SMILES string of the molecule is CCCNCCCCCN1CCC2(CCCC2)CC1. The van der Waals surface area contributed by atoms with E-state index in [1.165, 1.54) is 96.9 Å². The molecule has 112 valence electrons. The molecule has 0 atom stereocenters. The third-order valence-electron chi connectivity index (χ3n) is 5.34. The summed E-state index contributed by atoms with van der Waals surface area (Å²) in [7, 11) is 0. The Labute approximate surface area is 120 Å². The average molecular weight is 266 g/mol. The van der Waals surface area contributed by atoms with E-state index in [9.17, 15) is 0 Å². The molecule has 0 radical (unpaired) electrons. The minimum atomic E-state index is 0.792. The molecular formula is C17H34N2. The van der Waals surface area contributed by atoms with Gasteiger partial charge in [0.15, 0.2) is 0 Å². The molecule has 0 aromatic carbocycles. The van der Waals surface area contributed by atoms with Crippen LogP contribution in [0.5, 0.6) is 0 Å². The predicted molar refractivity (Wildman–Crippen MR) is 83.6 cm³/mol. The van der Waals surface area contributed by atoms with Gasteiger partial charge in [0.2, 0.25) is 0 Å². The van der Waals surface area contributed by atoms with E-state index >= 15 is 0 Å². The van der Waals surface area contributed by atoms with Crippen LogP contribution in [0.1, 0.15) is 71.1 Å². The molecule has 0 aromatic rings. The second-order valence-electron chi connectivity index (χ2n) is 6.86. The van der Waals surface area contributed by atoms with E-state index < -0.39 is 0 Å². The molecule has 1 saturated carbocycles. The molecule has 2 aliphatic rings. The molecule has 0 bridgehead atoms. The monoisotopic (exact) mass is 266 g/mol. The number of unbranched alkanes of at least 4 members (excludes halogenated alkanes) is 2. The molecule has 2 fully saturated rings. The highest BCUT2D eigenvalue weighted by Gasteiger charge is 2.36. The largest absolute Gasteiger partial charge is 0.317 e. The van der Waals surface area contributed by atoms with Crippen LogP contribution in [0.4, 0.5) is 0 Å². The fourth-order valence-corrected chi connectivity index (χ4v) is 3.94. The molecule has 0 amide bonds. The van der Waals surface area contributed by atoms with Crippen molar-refractivity contribution in [3.8, 4) is 0 Å². The summed E-state index contributed by atoms with van der Waals surface area (Å²) in [5.74, 6) is 0. The van der Waals surface area contributed by atoms with Crippen molar-refractivity contribution in [1.29, 1.82) is 0 Å². The second-order valence-corrected chi connectivity index (χ2v) is 6.86. The second kappa shape index (κ2) is 8.26. The van der Waals surface area contributed by atoms with Crippen molar-refractivity contribution in [1.82, 2.24) is 10.2 Å². The van der Waals surface area contributed by atoms with Crippen LogP contribution in [-0.4, -0.2) is 37.6 Å². The lowest BCUT2D eigenvalue weighted by atomic mass is 9.77. The highest BCUT2D eigenvalue weighted by molar-refractivity contribution is 4.89. The summed E-state index contributed by atoms with van der Waals surface area (Å²) in [5, 5.41) is 3.49. The van der Waals surface area contributed by atoms with Crippen LogP contribution in [0.2, 0.25) is 0 Å². The first-order valence-corrected chi connectivity index (χ1v) is 8.78. The molecule has 1 heterocycles. The van der Waals surface area contributed by atoms with Crippen LogP contribution in [-0.2, 0) is 0 Å². The first-order valence-electron chi connectivity index (χ1n) is 8.78. The van der Waals surface area contributed by atoms with Gasteiger partial charge in [0.1, 0.15) is 0 Å². The number of hydrogen-bond donors (Lipinski definition) is 1. The van der Waals surface area contributed by atoms with E-state index in [-0.39, 0.29) is 0 Å². The van der Waals surface area contributed by atoms with Gasteiger partial charge in [0.05, 0.1) is 0 Å². The molecule has 1 aliphatic carbocycles. The van der Waals surface area contributed by atoms with Gasteiger partial charge in [-0.2, -0.15) is 0 Å². The van der Waals surface area contributed by atoms with E-state index in [4.69, 9.17) is 0 Å². The summed E-state index contributed by atoms with van der Waals surface area (Å²) in [6.45, 7) is 8.76. The number of nitrogens with zero attached hydrogens (tertiary/aromatic N) is 1. The Morgan fingerprint density at radius 3 is 2.32 bits per heavy atom. The van der Waals surface area contributed by atoms with Crippen LogP contribution < -0.4 is 5.32 Å². The Kier molecular flexibility index (Phi) is 6.66. The highest BCUT2D eigenvalue weighted by Crippen LogP contribution is 2.46. The van der Waals surface area contributed by atoms with Crippen molar-refractivity contribution >= 4 is 0 Å². The standard InChI is InChI=1S/C17H34N2/c1-2-12-18-13-6-3-7-14-19-15-10-17(11-16-19)8-4-5-9-17/h18H,2-16H2,1H3. The summed E-state index contributed by atoms with van der Waals surface area (Å²) in [6.07, 6.45) is 14.5. The predicted octanol–water partition coefficient (Wildman–Crippen LogP) is 3.81. The first-order chi connectivity index (χ1) is 9.35. The van der Waals surface area contributed by atoms with E-state index in [0.29, 0.717) is 0 Å². The van der Waals surface area contributed by atoms with Gasteiger partial charge in [-0.1, -0.05) is 26.2 Å². The molecule has 2 heteroatoms. The summed E-state index contributed by atoms with van der Waals surface area (Å²) in [5.41, 5.74) is 0.792. The maximum absolute atomic E-state index is 3.49. The van der Waals surface area contributed by atoms with Crippen LogP contribution in [0.3, 0.4) is 0 Å². The van der Waals surface area contributed by atoms with Crippen molar-refractivity contribution < 1.29 is 0 Å². The van der Waals surface area contributed by atoms with Crippen LogP contribution in [0.25, 0.3) is 0 Å². The third kappa shape index (κ3) is 5.07. The Morgan fingerprint density at radius 1 is 0.895 bits per heavy atom. The Hall–Kier alpha value is -0.0800. The van der Waals surface area contributed by atoms with Gasteiger partial charge in [0, 0.05) is 0 Å². The molecule has 19 heavy (non-hydrogen) atoms. The average Bonchev–Trinajstić information content (AvgIpc) is 2.89. The Balaban J connectivity index is 1.47. The van der Waals surface area contributed by atoms with Crippen LogP contribution in [0.15, 0.2) is 0 Å². The first kappa shape index (κ1) is 15.3. The zero-order valence-electron chi connectivity index (χ0n) is 13.1. The van der Waals surface area contributed by atoms with Crippen molar-refractivity contribution in [3.05, 3.63) is 0 Å². The molecule has 1 spiro atoms. The number of likely N-dealkylation sites (tertiary alicyclic amines) is 1. The molecule has 0 aromatic heterocycles. The maximum Gasteiger partial charge on any atom is -0.00134 e. The van der Waals surface area contributed by atoms with Crippen molar-refractivity contribution in [2.24, 2.45) is 5.41 Å². The lowest BCUT2D eigenvalue weighted by molar-refractivity contribution is 0.107. The smallest absolute Gasteiger partial charge is 0.00134 e. The molecule has 2 rings (SSSR count). The van der Waals surface area contributed by atoms with Gasteiger partial charge in [-0.3, -0.25) is 0 Å². The number of piperidine rings is 1. The number of rotatable bonds is 8. The molecule has 0 unspecified atom stereocenters. The van der Waals surface area contributed by atoms with E-state index in [0.717, 1.165) is 5.41 Å². The lowest BCUT2D eigenvalue weighted by Crippen LogP contribution is -2.39. The van der Waals surface area contributed by atoms with Crippen molar-refractivity contribution in [3.63, 3.8) is 0 Å². The van der Waals surface area contributed by atoms with Gasteiger partial charge in [-0.15, -0.1) is 0 Å². The summed E-state index contributed by atoms with van der Waals surface area (Å²) < 4.78 is 0. The minimum absolute atomic E-state index is 0.792. The molecule has 1 saturated heterocycles. The Morgan fingerprint density at radius 2 is 1.63 bits per heavy atom.